The van der Waals surface area contributed by atoms with Crippen LogP contribution in [0.4, 0.5) is 5.69 Å². The molecule has 0 saturated heterocycles. The van der Waals surface area contributed by atoms with Gasteiger partial charge in [0, 0.05) is 29.7 Å². The van der Waals surface area contributed by atoms with Crippen molar-refractivity contribution in [2.24, 2.45) is 4.99 Å². The third-order valence-corrected chi connectivity index (χ3v) is 5.71. The number of aryl methyl sites for hydroxylation is 1. The molecule has 140 valence electrons. The van der Waals surface area contributed by atoms with Gasteiger partial charge in [0.2, 0.25) is 0 Å². The monoisotopic (exact) mass is 499 g/mol. The number of phenols is 2. The lowest BCUT2D eigenvalue weighted by atomic mass is 10.1. The maximum absolute atomic E-state index is 10.1. The van der Waals surface area contributed by atoms with Crippen molar-refractivity contribution in [2.75, 3.05) is 0 Å². The third kappa shape index (κ3) is 3.55. The molecule has 0 atom stereocenters. The lowest BCUT2D eigenvalue weighted by molar-refractivity contribution is 0.442. The number of halogens is 2. The fourth-order valence-corrected chi connectivity index (χ4v) is 4.02. The molecule has 4 rings (SSSR count). The normalized spacial score (nSPS) is 11.5. The molecule has 0 radical (unpaired) electrons. The molecule has 0 saturated carbocycles. The van der Waals surface area contributed by atoms with Crippen molar-refractivity contribution in [3.63, 3.8) is 0 Å². The van der Waals surface area contributed by atoms with E-state index in [0.717, 1.165) is 28.0 Å². The second-order valence-corrected chi connectivity index (χ2v) is 8.00. The summed E-state index contributed by atoms with van der Waals surface area (Å²) in [6.45, 7) is 1.97. The Morgan fingerprint density at radius 2 is 1.75 bits per heavy atom. The summed E-state index contributed by atoms with van der Waals surface area (Å²) in [7, 11) is 0. The summed E-state index contributed by atoms with van der Waals surface area (Å²) in [6.07, 6.45) is 7.49. The van der Waals surface area contributed by atoms with E-state index in [0.29, 0.717) is 10.0 Å². The Bertz CT molecular complexity index is 1210. The van der Waals surface area contributed by atoms with Crippen molar-refractivity contribution in [1.29, 1.82) is 0 Å². The maximum Gasteiger partial charge on any atom is 0.147 e. The van der Waals surface area contributed by atoms with Gasteiger partial charge in [-0.25, -0.2) is 0 Å². The highest BCUT2D eigenvalue weighted by Crippen LogP contribution is 2.40. The van der Waals surface area contributed by atoms with Crippen LogP contribution in [0.2, 0.25) is 0 Å². The number of fused-ring (bicyclic) bond motifs is 1. The maximum atomic E-state index is 10.1. The van der Waals surface area contributed by atoms with E-state index in [1.165, 1.54) is 0 Å². The Morgan fingerprint density at radius 1 is 1.00 bits per heavy atom. The second-order valence-electron chi connectivity index (χ2n) is 6.35. The number of nitrogens with zero attached hydrogens (tertiary/aromatic N) is 3. The number of hydrogen-bond donors (Lipinski definition) is 2. The number of rotatable bonds is 3. The van der Waals surface area contributed by atoms with E-state index < -0.39 is 0 Å². The third-order valence-electron chi connectivity index (χ3n) is 4.36. The average molecular weight is 501 g/mol. The first-order chi connectivity index (χ1) is 13.4. The standard InChI is InChI=1S/C21H15Br2N3O2/c1-12-10-26-11-15(6-17(26)9-24-12)13-2-4-16(5-3-13)25-8-14-7-18(22)21(28)19(23)20(14)27/h2-11,27-28H,1H3. The highest BCUT2D eigenvalue weighted by atomic mass is 79.9. The molecule has 0 fully saturated rings. The van der Waals surface area contributed by atoms with Crippen LogP contribution in [0.15, 0.2) is 68.9 Å². The molecular weight excluding hydrogens is 486 g/mol. The van der Waals surface area contributed by atoms with Gasteiger partial charge in [0.15, 0.2) is 0 Å². The van der Waals surface area contributed by atoms with Gasteiger partial charge in [-0.1, -0.05) is 12.1 Å². The quantitative estimate of drug-likeness (QED) is 0.339. The topological polar surface area (TPSA) is 70.1 Å². The van der Waals surface area contributed by atoms with Crippen molar-refractivity contribution in [3.05, 3.63) is 75.2 Å². The van der Waals surface area contributed by atoms with Crippen molar-refractivity contribution >= 4 is 49.3 Å². The minimum absolute atomic E-state index is 0.0515. The summed E-state index contributed by atoms with van der Waals surface area (Å²) >= 11 is 6.42. The molecule has 0 amide bonds. The number of phenolic OH excluding ortho intramolecular Hbond substituents is 2. The first-order valence-corrected chi connectivity index (χ1v) is 10.00. The van der Waals surface area contributed by atoms with E-state index in [4.69, 9.17) is 0 Å². The molecular formula is C21H15Br2N3O2. The SMILES string of the molecule is Cc1cn2cc(-c3ccc(N=Cc4cc(Br)c(O)c(Br)c4O)cc3)cc2cn1. The van der Waals surface area contributed by atoms with E-state index >= 15 is 0 Å². The lowest BCUT2D eigenvalue weighted by Gasteiger charge is -2.06. The largest absolute Gasteiger partial charge is 0.506 e. The van der Waals surface area contributed by atoms with Crippen LogP contribution in [-0.2, 0) is 0 Å². The number of benzene rings is 2. The van der Waals surface area contributed by atoms with E-state index in [1.807, 2.05) is 43.6 Å². The first kappa shape index (κ1) is 18.7. The fourth-order valence-electron chi connectivity index (χ4n) is 2.87. The van der Waals surface area contributed by atoms with Gasteiger partial charge in [-0.2, -0.15) is 0 Å². The number of aliphatic imine (C=N–C) groups is 1. The summed E-state index contributed by atoms with van der Waals surface area (Å²) in [5.41, 5.74) is 5.44. The van der Waals surface area contributed by atoms with Crippen molar-refractivity contribution in [1.82, 2.24) is 9.38 Å². The highest BCUT2D eigenvalue weighted by molar-refractivity contribution is 9.11. The first-order valence-electron chi connectivity index (χ1n) is 8.41. The number of hydrogen-bond acceptors (Lipinski definition) is 4. The minimum Gasteiger partial charge on any atom is -0.506 e. The lowest BCUT2D eigenvalue weighted by Crippen LogP contribution is -1.86. The van der Waals surface area contributed by atoms with E-state index in [2.05, 4.69) is 58.5 Å². The predicted molar refractivity (Wildman–Crippen MR) is 118 cm³/mol. The van der Waals surface area contributed by atoms with Crippen LogP contribution in [0.25, 0.3) is 16.6 Å². The van der Waals surface area contributed by atoms with Gasteiger partial charge in [0.25, 0.3) is 0 Å². The van der Waals surface area contributed by atoms with Crippen LogP contribution in [0.1, 0.15) is 11.3 Å². The van der Waals surface area contributed by atoms with Crippen LogP contribution in [0.5, 0.6) is 11.5 Å². The molecule has 28 heavy (non-hydrogen) atoms. The van der Waals surface area contributed by atoms with Gasteiger partial charge < -0.3 is 14.6 Å². The van der Waals surface area contributed by atoms with Crippen LogP contribution < -0.4 is 0 Å². The summed E-state index contributed by atoms with van der Waals surface area (Å²) in [5, 5.41) is 19.9. The van der Waals surface area contributed by atoms with Crippen LogP contribution in [0, 0.1) is 6.92 Å². The van der Waals surface area contributed by atoms with Gasteiger partial charge in [-0.05, 0) is 68.6 Å². The molecule has 0 unspecified atom stereocenters. The Balaban J connectivity index is 1.60. The molecule has 5 nitrogen and oxygen atoms in total. The molecule has 2 aromatic heterocycles. The molecule has 2 heterocycles. The zero-order valence-corrected chi connectivity index (χ0v) is 17.9. The highest BCUT2D eigenvalue weighted by Gasteiger charge is 2.12. The Labute approximate surface area is 178 Å². The van der Waals surface area contributed by atoms with Gasteiger partial charge in [-0.3, -0.25) is 9.98 Å². The van der Waals surface area contributed by atoms with Crippen molar-refractivity contribution in [2.45, 2.75) is 6.92 Å². The zero-order chi connectivity index (χ0) is 19.8. The molecule has 0 aliphatic carbocycles. The summed E-state index contributed by atoms with van der Waals surface area (Å²) in [6, 6.07) is 11.5. The van der Waals surface area contributed by atoms with Crippen LogP contribution in [-0.4, -0.2) is 25.8 Å². The van der Waals surface area contributed by atoms with Gasteiger partial charge in [0.05, 0.1) is 27.6 Å². The molecule has 0 aliphatic heterocycles. The Hall–Kier alpha value is -2.64. The minimum atomic E-state index is -0.0644. The average Bonchev–Trinajstić information content (AvgIpc) is 3.11. The van der Waals surface area contributed by atoms with E-state index in [1.54, 1.807) is 12.3 Å². The fraction of sp³-hybridized carbons (Fsp3) is 0.0476. The van der Waals surface area contributed by atoms with Crippen LogP contribution >= 0.6 is 31.9 Å². The van der Waals surface area contributed by atoms with Crippen LogP contribution in [0.3, 0.4) is 0 Å². The second kappa shape index (κ2) is 7.41. The number of aromatic hydroxyl groups is 2. The molecule has 7 heteroatoms. The summed E-state index contributed by atoms with van der Waals surface area (Å²) in [4.78, 5) is 8.74. The molecule has 0 bridgehead atoms. The smallest absolute Gasteiger partial charge is 0.147 e. The van der Waals surface area contributed by atoms with E-state index in [-0.39, 0.29) is 16.0 Å². The summed E-state index contributed by atoms with van der Waals surface area (Å²) in [5.74, 6) is -0.116. The Morgan fingerprint density at radius 3 is 2.50 bits per heavy atom. The molecule has 0 aliphatic rings. The zero-order valence-electron chi connectivity index (χ0n) is 14.8. The molecule has 4 aromatic rings. The molecule has 2 N–H and O–H groups in total. The van der Waals surface area contributed by atoms with Gasteiger partial charge in [-0.15, -0.1) is 0 Å². The van der Waals surface area contributed by atoms with Gasteiger partial charge in [0.1, 0.15) is 16.0 Å². The molecule has 2 aromatic carbocycles. The summed E-state index contributed by atoms with van der Waals surface area (Å²) < 4.78 is 2.76. The van der Waals surface area contributed by atoms with Gasteiger partial charge >= 0.3 is 0 Å². The Kier molecular flexibility index (Phi) is 4.95. The number of aromatic nitrogens is 2. The van der Waals surface area contributed by atoms with Crippen molar-refractivity contribution < 1.29 is 10.2 Å². The molecule has 0 spiro atoms. The van der Waals surface area contributed by atoms with E-state index in [9.17, 15) is 10.2 Å². The predicted octanol–water partition coefficient (Wildman–Crippen LogP) is 6.00. The van der Waals surface area contributed by atoms with Crippen molar-refractivity contribution in [3.8, 4) is 22.6 Å².